The summed E-state index contributed by atoms with van der Waals surface area (Å²) in [6.07, 6.45) is 1.55. The molecule has 0 aromatic carbocycles. The number of aliphatic carboxylic acids is 1. The first-order valence-electron chi connectivity index (χ1n) is 12.3. The first-order valence-corrected chi connectivity index (χ1v) is 12.6. The van der Waals surface area contributed by atoms with Gasteiger partial charge >= 0.3 is 12.1 Å². The molecular formula is C24H32ClF3N6O3. The van der Waals surface area contributed by atoms with E-state index >= 15 is 0 Å². The zero-order valence-corrected chi connectivity index (χ0v) is 21.2. The normalized spacial score (nSPS) is 14.2. The van der Waals surface area contributed by atoms with Gasteiger partial charge in [0, 0.05) is 31.4 Å². The molecule has 1 atom stereocenters. The summed E-state index contributed by atoms with van der Waals surface area (Å²) in [5, 5.41) is 15.9. The molecule has 2 aromatic rings. The smallest absolute Gasteiger partial charge is 0.411 e. The molecule has 0 spiro atoms. The molecule has 204 valence electrons. The number of hydrogen-bond acceptors (Lipinski definition) is 8. The molecule has 0 fully saturated rings. The summed E-state index contributed by atoms with van der Waals surface area (Å²) in [7, 11) is 0. The lowest BCUT2D eigenvalue weighted by molar-refractivity contribution is -0.174. The number of carbonyl (C=O) groups is 1. The SMILES string of the molecule is O=C(O)[C@H](CCN(CCCCc1ccc2c(n1)NCCC2)CCOCC(F)(F)F)Nc1cc(Cl)ncn1. The predicted octanol–water partition coefficient (Wildman–Crippen LogP) is 4.04. The van der Waals surface area contributed by atoms with Gasteiger partial charge in [0.1, 0.15) is 35.8 Å². The number of ether oxygens (including phenoxy) is 1. The molecular weight excluding hydrogens is 513 g/mol. The number of rotatable bonds is 15. The number of nitrogens with one attached hydrogen (secondary N) is 2. The van der Waals surface area contributed by atoms with Gasteiger partial charge in [-0.05, 0) is 56.7 Å². The summed E-state index contributed by atoms with van der Waals surface area (Å²) in [5.41, 5.74) is 2.22. The van der Waals surface area contributed by atoms with Crippen molar-refractivity contribution in [1.82, 2.24) is 19.9 Å². The third kappa shape index (κ3) is 10.7. The van der Waals surface area contributed by atoms with E-state index in [9.17, 15) is 23.1 Å². The van der Waals surface area contributed by atoms with Crippen molar-refractivity contribution in [2.75, 3.05) is 50.0 Å². The molecule has 0 saturated heterocycles. The van der Waals surface area contributed by atoms with E-state index in [0.717, 1.165) is 50.2 Å². The van der Waals surface area contributed by atoms with Crippen molar-refractivity contribution in [3.8, 4) is 0 Å². The molecule has 0 radical (unpaired) electrons. The lowest BCUT2D eigenvalue weighted by atomic mass is 10.1. The number of alkyl halides is 3. The first kappa shape index (κ1) is 28.9. The van der Waals surface area contributed by atoms with E-state index in [4.69, 9.17) is 21.3 Å². The Morgan fingerprint density at radius 2 is 2.08 bits per heavy atom. The van der Waals surface area contributed by atoms with Gasteiger partial charge in [-0.3, -0.25) is 0 Å². The number of halogens is 4. The van der Waals surface area contributed by atoms with Crippen molar-refractivity contribution in [1.29, 1.82) is 0 Å². The van der Waals surface area contributed by atoms with Gasteiger partial charge in [0.15, 0.2) is 0 Å². The van der Waals surface area contributed by atoms with Gasteiger partial charge in [0.05, 0.1) is 6.61 Å². The van der Waals surface area contributed by atoms with E-state index in [1.807, 2.05) is 11.0 Å². The second-order valence-electron chi connectivity index (χ2n) is 8.86. The van der Waals surface area contributed by atoms with Crippen molar-refractivity contribution in [2.24, 2.45) is 0 Å². The zero-order chi connectivity index (χ0) is 26.7. The number of aryl methyl sites for hydroxylation is 2. The van der Waals surface area contributed by atoms with Crippen LogP contribution in [0.3, 0.4) is 0 Å². The topological polar surface area (TPSA) is 112 Å². The summed E-state index contributed by atoms with van der Waals surface area (Å²) < 4.78 is 42.1. The average Bonchev–Trinajstić information content (AvgIpc) is 2.85. The Morgan fingerprint density at radius 3 is 2.84 bits per heavy atom. The Kier molecular flexibility index (Phi) is 11.2. The van der Waals surface area contributed by atoms with E-state index < -0.39 is 24.8 Å². The summed E-state index contributed by atoms with van der Waals surface area (Å²) in [6, 6.07) is 4.61. The number of fused-ring (bicyclic) bond motifs is 1. The van der Waals surface area contributed by atoms with Gasteiger partial charge in [-0.1, -0.05) is 17.7 Å². The molecule has 1 aliphatic heterocycles. The second kappa shape index (κ2) is 14.3. The third-order valence-corrected chi connectivity index (χ3v) is 6.12. The number of pyridine rings is 1. The van der Waals surface area contributed by atoms with E-state index in [2.05, 4.69) is 26.7 Å². The number of aromatic nitrogens is 3. The molecule has 2 aromatic heterocycles. The molecule has 0 bridgehead atoms. The van der Waals surface area contributed by atoms with Crippen LogP contribution in [0.2, 0.25) is 5.15 Å². The van der Waals surface area contributed by atoms with Crippen molar-refractivity contribution in [3.05, 3.63) is 40.9 Å². The number of nitrogens with zero attached hydrogens (tertiary/aromatic N) is 4. The molecule has 37 heavy (non-hydrogen) atoms. The van der Waals surface area contributed by atoms with Crippen LogP contribution in [0, 0.1) is 0 Å². The summed E-state index contributed by atoms with van der Waals surface area (Å²) in [5.74, 6) is 0.152. The van der Waals surface area contributed by atoms with E-state index in [1.165, 1.54) is 18.0 Å². The molecule has 0 amide bonds. The summed E-state index contributed by atoms with van der Waals surface area (Å²) in [6.45, 7) is 0.689. The van der Waals surface area contributed by atoms with Gasteiger partial charge in [-0.25, -0.2) is 19.7 Å². The van der Waals surface area contributed by atoms with Crippen molar-refractivity contribution < 1.29 is 27.8 Å². The monoisotopic (exact) mass is 544 g/mol. The third-order valence-electron chi connectivity index (χ3n) is 5.91. The van der Waals surface area contributed by atoms with Crippen molar-refractivity contribution in [2.45, 2.75) is 50.7 Å². The maximum Gasteiger partial charge on any atom is 0.411 e. The lowest BCUT2D eigenvalue weighted by Gasteiger charge is -2.24. The minimum Gasteiger partial charge on any atom is -0.480 e. The van der Waals surface area contributed by atoms with Gasteiger partial charge in [0.25, 0.3) is 0 Å². The van der Waals surface area contributed by atoms with Gasteiger partial charge < -0.3 is 25.4 Å². The van der Waals surface area contributed by atoms with Crippen molar-refractivity contribution >= 4 is 29.2 Å². The van der Waals surface area contributed by atoms with Crippen LogP contribution in [-0.4, -0.2) is 82.5 Å². The number of anilines is 2. The lowest BCUT2D eigenvalue weighted by Crippen LogP contribution is -2.37. The Labute approximate surface area is 218 Å². The largest absolute Gasteiger partial charge is 0.480 e. The van der Waals surface area contributed by atoms with Crippen molar-refractivity contribution in [3.63, 3.8) is 0 Å². The molecule has 0 saturated carbocycles. The molecule has 3 rings (SSSR count). The molecule has 0 unspecified atom stereocenters. The Hall–Kier alpha value is -2.70. The van der Waals surface area contributed by atoms with Crippen LogP contribution >= 0.6 is 11.6 Å². The van der Waals surface area contributed by atoms with E-state index in [-0.39, 0.29) is 30.5 Å². The summed E-state index contributed by atoms with van der Waals surface area (Å²) >= 11 is 5.84. The van der Waals surface area contributed by atoms with Gasteiger partial charge in [-0.2, -0.15) is 13.2 Å². The predicted molar refractivity (Wildman–Crippen MR) is 134 cm³/mol. The second-order valence-corrected chi connectivity index (χ2v) is 9.24. The maximum absolute atomic E-state index is 12.4. The maximum atomic E-state index is 12.4. The van der Waals surface area contributed by atoms with Crippen LogP contribution < -0.4 is 10.6 Å². The van der Waals surface area contributed by atoms with Crippen LogP contribution in [0.1, 0.15) is 36.9 Å². The Morgan fingerprint density at radius 1 is 1.24 bits per heavy atom. The van der Waals surface area contributed by atoms with Gasteiger partial charge in [-0.15, -0.1) is 0 Å². The van der Waals surface area contributed by atoms with Crippen LogP contribution in [0.5, 0.6) is 0 Å². The minimum atomic E-state index is -4.39. The average molecular weight is 545 g/mol. The molecule has 0 aliphatic carbocycles. The van der Waals surface area contributed by atoms with E-state index in [0.29, 0.717) is 13.1 Å². The number of hydrogen-bond donors (Lipinski definition) is 3. The Balaban J connectivity index is 1.50. The fourth-order valence-electron chi connectivity index (χ4n) is 4.03. The summed E-state index contributed by atoms with van der Waals surface area (Å²) in [4.78, 5) is 26.1. The molecule has 3 N–H and O–H groups in total. The highest BCUT2D eigenvalue weighted by molar-refractivity contribution is 6.29. The first-order chi connectivity index (χ1) is 17.7. The standard InChI is InChI=1S/C24H32ClF3N6O3/c25-20-14-21(31-16-30-20)33-19(23(35)36)8-11-34(12-13-37-15-24(26,27)28)10-2-1-5-18-7-6-17-4-3-9-29-22(17)32-18/h6-7,14,16,19H,1-5,8-13,15H2,(H,29,32)(H,35,36)(H,30,31,33)/t19-/m0/s1. The highest BCUT2D eigenvalue weighted by Gasteiger charge is 2.27. The number of carboxylic acids is 1. The molecule has 9 nitrogen and oxygen atoms in total. The molecule has 13 heteroatoms. The zero-order valence-electron chi connectivity index (χ0n) is 20.4. The number of unbranched alkanes of at least 4 members (excludes halogenated alkanes) is 1. The fourth-order valence-corrected chi connectivity index (χ4v) is 4.17. The van der Waals surface area contributed by atoms with Crippen LogP contribution in [0.15, 0.2) is 24.5 Å². The highest BCUT2D eigenvalue weighted by Crippen LogP contribution is 2.20. The Bertz CT molecular complexity index is 1010. The van der Waals surface area contributed by atoms with Crippen LogP contribution in [-0.2, 0) is 22.4 Å². The highest BCUT2D eigenvalue weighted by atomic mass is 35.5. The minimum absolute atomic E-state index is 0.107. The van der Waals surface area contributed by atoms with Gasteiger partial charge in [0.2, 0.25) is 0 Å². The fraction of sp³-hybridized carbons (Fsp3) is 0.583. The van der Waals surface area contributed by atoms with E-state index in [1.54, 1.807) is 0 Å². The number of carboxylic acid groups (broad SMARTS) is 1. The van der Waals surface area contributed by atoms with Crippen LogP contribution in [0.25, 0.3) is 0 Å². The van der Waals surface area contributed by atoms with Crippen LogP contribution in [0.4, 0.5) is 24.8 Å². The molecule has 3 heterocycles. The molecule has 1 aliphatic rings. The quantitative estimate of drug-likeness (QED) is 0.226.